The van der Waals surface area contributed by atoms with Crippen LogP contribution in [0.2, 0.25) is 0 Å². The zero-order chi connectivity index (χ0) is 13.1. The van der Waals surface area contributed by atoms with Crippen molar-refractivity contribution in [3.8, 4) is 0 Å². The first-order chi connectivity index (χ1) is 9.34. The van der Waals surface area contributed by atoms with Crippen LogP contribution in [0.25, 0.3) is 10.9 Å². The summed E-state index contributed by atoms with van der Waals surface area (Å²) >= 11 is 0. The fourth-order valence-electron chi connectivity index (χ4n) is 1.85. The quantitative estimate of drug-likeness (QED) is 0.544. The van der Waals surface area contributed by atoms with Gasteiger partial charge in [0.15, 0.2) is 0 Å². The molecule has 2 aromatic carbocycles. The van der Waals surface area contributed by atoms with Gasteiger partial charge in [-0.1, -0.05) is 30.3 Å². The molecular formula is C15H12N4. The van der Waals surface area contributed by atoms with E-state index >= 15 is 0 Å². The first-order valence-corrected chi connectivity index (χ1v) is 5.94. The van der Waals surface area contributed by atoms with E-state index in [1.54, 1.807) is 6.20 Å². The molecule has 1 aromatic heterocycles. The fourth-order valence-corrected chi connectivity index (χ4v) is 1.85. The van der Waals surface area contributed by atoms with Gasteiger partial charge >= 0.3 is 0 Å². The van der Waals surface area contributed by atoms with Crippen LogP contribution >= 0.6 is 0 Å². The molecule has 0 atom stereocenters. The highest BCUT2D eigenvalue weighted by atomic mass is 15.1. The van der Waals surface area contributed by atoms with Gasteiger partial charge in [-0.2, -0.15) is 5.11 Å². The van der Waals surface area contributed by atoms with E-state index in [4.69, 9.17) is 5.73 Å². The van der Waals surface area contributed by atoms with E-state index in [0.717, 1.165) is 16.6 Å². The normalized spacial score (nSPS) is 11.2. The van der Waals surface area contributed by atoms with Crippen molar-refractivity contribution in [2.45, 2.75) is 0 Å². The minimum Gasteiger partial charge on any atom is -0.397 e. The van der Waals surface area contributed by atoms with Gasteiger partial charge in [0.25, 0.3) is 0 Å². The summed E-state index contributed by atoms with van der Waals surface area (Å²) in [6, 6.07) is 17.2. The molecule has 3 rings (SSSR count). The Labute approximate surface area is 110 Å². The molecular weight excluding hydrogens is 236 g/mol. The number of hydrogen-bond acceptors (Lipinski definition) is 4. The number of anilines is 1. The van der Waals surface area contributed by atoms with E-state index in [1.165, 1.54) is 0 Å². The Kier molecular flexibility index (Phi) is 2.90. The third-order valence-corrected chi connectivity index (χ3v) is 2.80. The molecule has 3 aromatic rings. The van der Waals surface area contributed by atoms with Crippen molar-refractivity contribution >= 4 is 28.0 Å². The molecule has 1 heterocycles. The number of benzene rings is 2. The second kappa shape index (κ2) is 4.86. The molecule has 19 heavy (non-hydrogen) atoms. The van der Waals surface area contributed by atoms with Gasteiger partial charge in [0, 0.05) is 11.6 Å². The zero-order valence-corrected chi connectivity index (χ0v) is 10.2. The number of nitrogens with zero attached hydrogens (tertiary/aromatic N) is 3. The molecule has 4 heteroatoms. The maximum Gasteiger partial charge on any atom is 0.135 e. The molecule has 0 aliphatic rings. The van der Waals surface area contributed by atoms with Crippen LogP contribution in [0.5, 0.6) is 0 Å². The second-order valence-electron chi connectivity index (χ2n) is 4.11. The van der Waals surface area contributed by atoms with Gasteiger partial charge in [0.2, 0.25) is 0 Å². The van der Waals surface area contributed by atoms with Crippen LogP contribution in [-0.4, -0.2) is 4.98 Å². The first-order valence-electron chi connectivity index (χ1n) is 5.94. The van der Waals surface area contributed by atoms with Crippen LogP contribution in [0.1, 0.15) is 0 Å². The summed E-state index contributed by atoms with van der Waals surface area (Å²) in [5.41, 5.74) is 8.70. The molecule has 0 saturated heterocycles. The molecule has 0 saturated carbocycles. The van der Waals surface area contributed by atoms with Crippen LogP contribution in [0.3, 0.4) is 0 Å². The summed E-state index contributed by atoms with van der Waals surface area (Å²) < 4.78 is 0. The van der Waals surface area contributed by atoms with Crippen LogP contribution in [-0.2, 0) is 0 Å². The Morgan fingerprint density at radius 1 is 0.842 bits per heavy atom. The lowest BCUT2D eigenvalue weighted by atomic mass is 10.1. The summed E-state index contributed by atoms with van der Waals surface area (Å²) in [7, 11) is 0. The Balaban J connectivity index is 2.10. The van der Waals surface area contributed by atoms with Crippen LogP contribution in [0.4, 0.5) is 17.1 Å². The van der Waals surface area contributed by atoms with Gasteiger partial charge < -0.3 is 5.73 Å². The smallest absolute Gasteiger partial charge is 0.135 e. The summed E-state index contributed by atoms with van der Waals surface area (Å²) in [5, 5.41) is 9.43. The Hall–Kier alpha value is -2.75. The van der Waals surface area contributed by atoms with Crippen molar-refractivity contribution in [1.82, 2.24) is 4.98 Å². The lowest BCUT2D eigenvalue weighted by Gasteiger charge is -2.03. The lowest BCUT2D eigenvalue weighted by molar-refractivity contribution is 1.23. The third kappa shape index (κ3) is 2.28. The van der Waals surface area contributed by atoms with Crippen LogP contribution in [0, 0.1) is 0 Å². The molecule has 0 amide bonds. The number of rotatable bonds is 2. The molecule has 0 fully saturated rings. The highest BCUT2D eigenvalue weighted by Gasteiger charge is 2.05. The van der Waals surface area contributed by atoms with Gasteiger partial charge in [-0.15, -0.1) is 5.11 Å². The Morgan fingerprint density at radius 2 is 1.68 bits per heavy atom. The van der Waals surface area contributed by atoms with Crippen molar-refractivity contribution < 1.29 is 0 Å². The van der Waals surface area contributed by atoms with E-state index in [-0.39, 0.29) is 0 Å². The summed E-state index contributed by atoms with van der Waals surface area (Å²) in [6.45, 7) is 0. The molecule has 0 aliphatic heterocycles. The second-order valence-corrected chi connectivity index (χ2v) is 4.11. The van der Waals surface area contributed by atoms with Gasteiger partial charge in [-0.3, -0.25) is 4.98 Å². The SMILES string of the molecule is Nc1ccc2cccnc2c1/N=N/c1ccccc1. The zero-order valence-electron chi connectivity index (χ0n) is 10.2. The number of nitrogens with two attached hydrogens (primary N) is 1. The predicted octanol–water partition coefficient (Wildman–Crippen LogP) is 4.23. The van der Waals surface area contributed by atoms with Crippen molar-refractivity contribution in [1.29, 1.82) is 0 Å². The van der Waals surface area contributed by atoms with E-state index < -0.39 is 0 Å². The highest BCUT2D eigenvalue weighted by molar-refractivity contribution is 5.94. The Morgan fingerprint density at radius 3 is 2.53 bits per heavy atom. The first kappa shape index (κ1) is 11.3. The molecule has 92 valence electrons. The number of fused-ring (bicyclic) bond motifs is 1. The Bertz CT molecular complexity index is 735. The molecule has 0 bridgehead atoms. The van der Waals surface area contributed by atoms with E-state index in [2.05, 4.69) is 15.2 Å². The average molecular weight is 248 g/mol. The molecule has 2 N–H and O–H groups in total. The molecule has 0 radical (unpaired) electrons. The molecule has 0 aliphatic carbocycles. The lowest BCUT2D eigenvalue weighted by Crippen LogP contribution is -1.87. The maximum absolute atomic E-state index is 5.96. The monoisotopic (exact) mass is 248 g/mol. The predicted molar refractivity (Wildman–Crippen MR) is 76.8 cm³/mol. The van der Waals surface area contributed by atoms with E-state index in [1.807, 2.05) is 54.6 Å². The standard InChI is InChI=1S/C15H12N4/c16-13-9-8-11-5-4-10-17-14(11)15(13)19-18-12-6-2-1-3-7-12/h1-10H,16H2/b19-18+. The average Bonchev–Trinajstić information content (AvgIpc) is 2.47. The number of hydrogen-bond donors (Lipinski definition) is 1. The largest absolute Gasteiger partial charge is 0.397 e. The minimum absolute atomic E-state index is 0.575. The minimum atomic E-state index is 0.575. The van der Waals surface area contributed by atoms with Crippen LogP contribution < -0.4 is 5.73 Å². The molecule has 4 nitrogen and oxygen atoms in total. The molecule has 0 unspecified atom stereocenters. The molecule has 0 spiro atoms. The number of pyridine rings is 1. The van der Waals surface area contributed by atoms with Gasteiger partial charge in [0.05, 0.1) is 16.9 Å². The number of azo groups is 1. The van der Waals surface area contributed by atoms with E-state index in [9.17, 15) is 0 Å². The van der Waals surface area contributed by atoms with E-state index in [0.29, 0.717) is 11.4 Å². The number of nitrogen functional groups attached to an aromatic ring is 1. The third-order valence-electron chi connectivity index (χ3n) is 2.80. The van der Waals surface area contributed by atoms with Gasteiger partial charge in [0.1, 0.15) is 5.69 Å². The van der Waals surface area contributed by atoms with Crippen molar-refractivity contribution in [2.24, 2.45) is 10.2 Å². The van der Waals surface area contributed by atoms with Crippen molar-refractivity contribution in [3.63, 3.8) is 0 Å². The van der Waals surface area contributed by atoms with Gasteiger partial charge in [-0.05, 0) is 24.3 Å². The van der Waals surface area contributed by atoms with Crippen molar-refractivity contribution in [2.75, 3.05) is 5.73 Å². The summed E-state index contributed by atoms with van der Waals surface area (Å²) in [5.74, 6) is 0. The number of aromatic nitrogens is 1. The summed E-state index contributed by atoms with van der Waals surface area (Å²) in [6.07, 6.45) is 1.73. The highest BCUT2D eigenvalue weighted by Crippen LogP contribution is 2.31. The van der Waals surface area contributed by atoms with Crippen molar-refractivity contribution in [3.05, 3.63) is 60.8 Å². The van der Waals surface area contributed by atoms with Gasteiger partial charge in [-0.25, -0.2) is 0 Å². The fraction of sp³-hybridized carbons (Fsp3) is 0. The summed E-state index contributed by atoms with van der Waals surface area (Å²) in [4.78, 5) is 4.32. The maximum atomic E-state index is 5.96. The van der Waals surface area contributed by atoms with Crippen LogP contribution in [0.15, 0.2) is 71.0 Å². The topological polar surface area (TPSA) is 63.6 Å².